The lowest BCUT2D eigenvalue weighted by atomic mass is 10.1. The van der Waals surface area contributed by atoms with Crippen molar-refractivity contribution >= 4 is 45.2 Å². The van der Waals surface area contributed by atoms with E-state index in [9.17, 15) is 0 Å². The van der Waals surface area contributed by atoms with Crippen molar-refractivity contribution in [2.24, 2.45) is 0 Å². The Hall–Kier alpha value is -2.10. The Morgan fingerprint density at radius 1 is 0.818 bits per heavy atom. The van der Waals surface area contributed by atoms with Gasteiger partial charge >= 0.3 is 0 Å². The van der Waals surface area contributed by atoms with Crippen LogP contribution in [-0.2, 0) is 0 Å². The third-order valence-electron chi connectivity index (χ3n) is 3.41. The lowest BCUT2D eigenvalue weighted by Crippen LogP contribution is -1.87. The summed E-state index contributed by atoms with van der Waals surface area (Å²) in [6.07, 6.45) is 1.81. The average molecular weight is 323 g/mol. The third-order valence-corrected chi connectivity index (χ3v) is 4.54. The van der Waals surface area contributed by atoms with E-state index in [0.717, 1.165) is 26.0 Å². The quantitative estimate of drug-likeness (QED) is 0.450. The van der Waals surface area contributed by atoms with E-state index in [1.165, 1.54) is 10.8 Å². The molecule has 0 aliphatic rings. The van der Waals surface area contributed by atoms with E-state index in [0.29, 0.717) is 0 Å². The van der Waals surface area contributed by atoms with Gasteiger partial charge in [-0.1, -0.05) is 53.7 Å². The maximum Gasteiger partial charge on any atom is 0.120 e. The van der Waals surface area contributed by atoms with Gasteiger partial charge in [0, 0.05) is 9.92 Å². The molecular weight excluding hydrogens is 312 g/mol. The highest BCUT2D eigenvalue weighted by molar-refractivity contribution is 7.99. The van der Waals surface area contributed by atoms with Gasteiger partial charge in [-0.2, -0.15) is 0 Å². The van der Waals surface area contributed by atoms with Gasteiger partial charge in [0.05, 0.1) is 17.2 Å². The van der Waals surface area contributed by atoms with Gasteiger partial charge in [-0.3, -0.25) is 4.98 Å². The molecule has 3 aromatic carbocycles. The second-order valence-electron chi connectivity index (χ2n) is 4.96. The first-order chi connectivity index (χ1) is 10.8. The Bertz CT molecular complexity index is 985. The topological polar surface area (TPSA) is 25.8 Å². The minimum atomic E-state index is 0.727. The van der Waals surface area contributed by atoms with E-state index < -0.39 is 0 Å². The molecule has 0 amide bonds. The van der Waals surface area contributed by atoms with Crippen molar-refractivity contribution in [3.05, 3.63) is 71.9 Å². The summed E-state index contributed by atoms with van der Waals surface area (Å²) in [6, 6.07) is 20.2. The van der Waals surface area contributed by atoms with Crippen molar-refractivity contribution in [3.63, 3.8) is 0 Å². The van der Waals surface area contributed by atoms with Crippen LogP contribution in [0.4, 0.5) is 0 Å². The Balaban J connectivity index is 1.78. The maximum atomic E-state index is 6.02. The number of aromatic nitrogens is 2. The molecule has 1 aromatic heterocycles. The standard InChI is InChI=1S/C18H11ClN2S/c19-14-6-3-7-15(10-14)22-18-11-20-16-8-12-4-1-2-5-13(12)9-17(16)21-18/h1-11H. The molecule has 0 spiro atoms. The number of hydrogen-bond acceptors (Lipinski definition) is 3. The van der Waals surface area contributed by atoms with Crippen LogP contribution in [0.15, 0.2) is 76.8 Å². The molecule has 0 fully saturated rings. The zero-order chi connectivity index (χ0) is 14.9. The minimum absolute atomic E-state index is 0.727. The van der Waals surface area contributed by atoms with Crippen LogP contribution in [0, 0.1) is 0 Å². The number of rotatable bonds is 2. The zero-order valence-corrected chi connectivity index (χ0v) is 13.1. The summed E-state index contributed by atoms with van der Waals surface area (Å²) in [5, 5.41) is 3.95. The van der Waals surface area contributed by atoms with Crippen LogP contribution in [-0.4, -0.2) is 9.97 Å². The predicted molar refractivity (Wildman–Crippen MR) is 92.6 cm³/mol. The molecule has 0 bridgehead atoms. The highest BCUT2D eigenvalue weighted by atomic mass is 35.5. The van der Waals surface area contributed by atoms with Crippen molar-refractivity contribution in [3.8, 4) is 0 Å². The van der Waals surface area contributed by atoms with Gasteiger partial charge in [0.1, 0.15) is 5.03 Å². The van der Waals surface area contributed by atoms with E-state index in [1.807, 2.05) is 42.6 Å². The third kappa shape index (κ3) is 2.65. The van der Waals surface area contributed by atoms with E-state index in [2.05, 4.69) is 29.2 Å². The highest BCUT2D eigenvalue weighted by Crippen LogP contribution is 2.29. The van der Waals surface area contributed by atoms with Crippen LogP contribution in [0.1, 0.15) is 0 Å². The molecule has 0 radical (unpaired) electrons. The SMILES string of the molecule is Clc1cccc(Sc2cnc3cc4ccccc4cc3n2)c1. The number of nitrogens with zero attached hydrogens (tertiary/aromatic N) is 2. The van der Waals surface area contributed by atoms with Gasteiger partial charge in [0.15, 0.2) is 0 Å². The summed E-state index contributed by atoms with van der Waals surface area (Å²) >= 11 is 7.59. The molecule has 4 rings (SSSR count). The van der Waals surface area contributed by atoms with Gasteiger partial charge < -0.3 is 0 Å². The van der Waals surface area contributed by atoms with Gasteiger partial charge in [0.2, 0.25) is 0 Å². The fourth-order valence-corrected chi connectivity index (χ4v) is 3.46. The van der Waals surface area contributed by atoms with Crippen LogP contribution < -0.4 is 0 Å². The van der Waals surface area contributed by atoms with E-state index in [4.69, 9.17) is 16.6 Å². The smallest absolute Gasteiger partial charge is 0.120 e. The van der Waals surface area contributed by atoms with Crippen molar-refractivity contribution in [1.82, 2.24) is 9.97 Å². The molecule has 0 atom stereocenters. The summed E-state index contributed by atoms with van der Waals surface area (Å²) in [5.41, 5.74) is 1.82. The van der Waals surface area contributed by atoms with Gasteiger partial charge in [-0.25, -0.2) is 4.98 Å². The normalized spacial score (nSPS) is 11.1. The molecule has 0 N–H and O–H groups in total. The summed E-state index contributed by atoms with van der Waals surface area (Å²) in [6.45, 7) is 0. The van der Waals surface area contributed by atoms with Crippen molar-refractivity contribution < 1.29 is 0 Å². The number of benzene rings is 3. The molecule has 0 aliphatic carbocycles. The van der Waals surface area contributed by atoms with Crippen LogP contribution in [0.25, 0.3) is 21.8 Å². The van der Waals surface area contributed by atoms with Gasteiger partial charge in [-0.15, -0.1) is 0 Å². The molecule has 0 unspecified atom stereocenters. The second kappa shape index (κ2) is 5.59. The average Bonchev–Trinajstić information content (AvgIpc) is 2.53. The van der Waals surface area contributed by atoms with E-state index in [-0.39, 0.29) is 0 Å². The number of hydrogen-bond donors (Lipinski definition) is 0. The minimum Gasteiger partial charge on any atom is -0.252 e. The van der Waals surface area contributed by atoms with Crippen molar-refractivity contribution in [1.29, 1.82) is 0 Å². The fourth-order valence-electron chi connectivity index (χ4n) is 2.38. The molecule has 0 saturated heterocycles. The van der Waals surface area contributed by atoms with Crippen LogP contribution >= 0.6 is 23.4 Å². The molecular formula is C18H11ClN2S. The van der Waals surface area contributed by atoms with Gasteiger partial charge in [-0.05, 0) is 41.1 Å². The zero-order valence-electron chi connectivity index (χ0n) is 11.5. The van der Waals surface area contributed by atoms with E-state index in [1.54, 1.807) is 11.8 Å². The molecule has 2 nitrogen and oxygen atoms in total. The Kier molecular flexibility index (Phi) is 3.45. The van der Waals surface area contributed by atoms with E-state index >= 15 is 0 Å². The Morgan fingerprint density at radius 3 is 2.36 bits per heavy atom. The van der Waals surface area contributed by atoms with Crippen LogP contribution in [0.5, 0.6) is 0 Å². The fraction of sp³-hybridized carbons (Fsp3) is 0. The van der Waals surface area contributed by atoms with Crippen molar-refractivity contribution in [2.45, 2.75) is 9.92 Å². The monoisotopic (exact) mass is 322 g/mol. The number of fused-ring (bicyclic) bond motifs is 2. The lowest BCUT2D eigenvalue weighted by molar-refractivity contribution is 1.12. The largest absolute Gasteiger partial charge is 0.252 e. The molecule has 4 heteroatoms. The maximum absolute atomic E-state index is 6.02. The molecule has 106 valence electrons. The Labute approximate surface area is 137 Å². The van der Waals surface area contributed by atoms with Crippen LogP contribution in [0.2, 0.25) is 5.02 Å². The second-order valence-corrected chi connectivity index (χ2v) is 6.49. The molecule has 0 saturated carbocycles. The summed E-state index contributed by atoms with van der Waals surface area (Å²) in [4.78, 5) is 10.3. The molecule has 0 aliphatic heterocycles. The highest BCUT2D eigenvalue weighted by Gasteiger charge is 2.04. The van der Waals surface area contributed by atoms with Gasteiger partial charge in [0.25, 0.3) is 0 Å². The summed E-state index contributed by atoms with van der Waals surface area (Å²) in [7, 11) is 0. The molecule has 4 aromatic rings. The first kappa shape index (κ1) is 13.6. The first-order valence-corrected chi connectivity index (χ1v) is 8.06. The predicted octanol–water partition coefficient (Wildman–Crippen LogP) is 5.59. The first-order valence-electron chi connectivity index (χ1n) is 6.87. The van der Waals surface area contributed by atoms with Crippen molar-refractivity contribution in [2.75, 3.05) is 0 Å². The molecule has 1 heterocycles. The summed E-state index contributed by atoms with van der Waals surface area (Å²) in [5.74, 6) is 0. The Morgan fingerprint density at radius 2 is 1.59 bits per heavy atom. The van der Waals surface area contributed by atoms with Crippen LogP contribution in [0.3, 0.4) is 0 Å². The lowest BCUT2D eigenvalue weighted by Gasteiger charge is -2.04. The molecule has 22 heavy (non-hydrogen) atoms. The number of halogens is 1. The summed E-state index contributed by atoms with van der Waals surface area (Å²) < 4.78 is 0.